The van der Waals surface area contributed by atoms with Crippen LogP contribution in [0.15, 0.2) is 89.6 Å². The Balaban J connectivity index is 1.55. The van der Waals surface area contributed by atoms with Gasteiger partial charge in [0, 0.05) is 32.3 Å². The molecule has 0 saturated carbocycles. The monoisotopic (exact) mass is 402 g/mol. The summed E-state index contributed by atoms with van der Waals surface area (Å²) in [6, 6.07) is 10.7. The maximum Gasteiger partial charge on any atom is 0.253 e. The summed E-state index contributed by atoms with van der Waals surface area (Å²) in [7, 11) is 1.93. The summed E-state index contributed by atoms with van der Waals surface area (Å²) in [6.45, 7) is 3.91. The molecule has 4 nitrogen and oxygen atoms in total. The maximum absolute atomic E-state index is 13.6. The molecule has 0 N–H and O–H groups in total. The fraction of sp³-hybridized carbons (Fsp3) is 0.346. The summed E-state index contributed by atoms with van der Waals surface area (Å²) in [6.07, 6.45) is 16.3. The summed E-state index contributed by atoms with van der Waals surface area (Å²) in [5.41, 5.74) is 4.34. The molecule has 1 aliphatic heterocycles. The average Bonchev–Trinajstić information content (AvgIpc) is 3.50. The van der Waals surface area contributed by atoms with Crippen LogP contribution < -0.4 is 0 Å². The van der Waals surface area contributed by atoms with Crippen LogP contribution in [0.4, 0.5) is 0 Å². The summed E-state index contributed by atoms with van der Waals surface area (Å²) >= 11 is 0. The van der Waals surface area contributed by atoms with Crippen LogP contribution in [0.1, 0.15) is 24.4 Å². The van der Waals surface area contributed by atoms with Gasteiger partial charge in [0.25, 0.3) is 5.91 Å². The minimum Gasteiger partial charge on any atom is -0.379 e. The van der Waals surface area contributed by atoms with E-state index in [0.717, 1.165) is 50.3 Å². The highest BCUT2D eigenvalue weighted by Gasteiger charge is 2.27. The maximum atomic E-state index is 13.6. The first-order valence-corrected chi connectivity index (χ1v) is 10.8. The lowest BCUT2D eigenvalue weighted by Crippen LogP contribution is -2.44. The molecule has 3 aliphatic rings. The second kappa shape index (κ2) is 9.88. The predicted molar refractivity (Wildman–Crippen MR) is 121 cm³/mol. The predicted octanol–water partition coefficient (Wildman–Crippen LogP) is 4.22. The van der Waals surface area contributed by atoms with Gasteiger partial charge in [0.2, 0.25) is 0 Å². The van der Waals surface area contributed by atoms with Gasteiger partial charge in [0.1, 0.15) is 0 Å². The van der Waals surface area contributed by atoms with Gasteiger partial charge in [-0.15, -0.1) is 0 Å². The van der Waals surface area contributed by atoms with Crippen LogP contribution in [0.5, 0.6) is 0 Å². The van der Waals surface area contributed by atoms with Gasteiger partial charge >= 0.3 is 0 Å². The number of hydrogen-bond acceptors (Lipinski definition) is 3. The molecule has 1 amide bonds. The van der Waals surface area contributed by atoms with E-state index in [9.17, 15) is 4.79 Å². The van der Waals surface area contributed by atoms with Crippen LogP contribution in [0.2, 0.25) is 0 Å². The number of allylic oxidation sites excluding steroid dienone is 8. The molecule has 1 unspecified atom stereocenters. The SMILES string of the molecule is CN(CC(c1ccccc1)N1CCOCC1)C(=O)/C(=C/C1=CC=CC1)C1=CC=CC1. The third-order valence-corrected chi connectivity index (χ3v) is 5.94. The van der Waals surface area contributed by atoms with Crippen molar-refractivity contribution < 1.29 is 9.53 Å². The zero-order chi connectivity index (χ0) is 20.8. The Bertz CT molecular complexity index is 902. The van der Waals surface area contributed by atoms with Gasteiger partial charge < -0.3 is 9.64 Å². The first kappa shape index (κ1) is 20.6. The molecule has 4 rings (SSSR count). The van der Waals surface area contributed by atoms with Gasteiger partial charge in [0.15, 0.2) is 0 Å². The number of rotatable bonds is 7. The van der Waals surface area contributed by atoms with Gasteiger partial charge in [-0.2, -0.15) is 0 Å². The van der Waals surface area contributed by atoms with Gasteiger partial charge in [-0.25, -0.2) is 0 Å². The van der Waals surface area contributed by atoms with E-state index in [1.807, 2.05) is 24.1 Å². The lowest BCUT2D eigenvalue weighted by molar-refractivity contribution is -0.126. The molecule has 4 heteroatoms. The van der Waals surface area contributed by atoms with Crippen molar-refractivity contribution in [3.63, 3.8) is 0 Å². The minimum absolute atomic E-state index is 0.0898. The molecular formula is C26H30N2O2. The Kier molecular flexibility index (Phi) is 6.77. The number of morpholine rings is 1. The zero-order valence-electron chi connectivity index (χ0n) is 17.7. The van der Waals surface area contributed by atoms with Crippen LogP contribution >= 0.6 is 0 Å². The van der Waals surface area contributed by atoms with Crippen molar-refractivity contribution in [3.05, 3.63) is 95.1 Å². The molecule has 30 heavy (non-hydrogen) atoms. The molecule has 0 radical (unpaired) electrons. The van der Waals surface area contributed by atoms with Crippen LogP contribution in [0, 0.1) is 0 Å². The smallest absolute Gasteiger partial charge is 0.253 e. The van der Waals surface area contributed by atoms with Crippen molar-refractivity contribution >= 4 is 5.91 Å². The van der Waals surface area contributed by atoms with E-state index in [4.69, 9.17) is 4.74 Å². The minimum atomic E-state index is 0.0898. The standard InChI is InChI=1S/C26H30N2O2/c1-27(20-25(23-13-3-2-4-14-23)28-15-17-30-18-16-28)26(29)24(22-11-7-8-12-22)19-21-9-5-6-10-21/h2-9,11,13-14,19,25H,10,12,15-18,20H2,1H3/b24-19+. The van der Waals surface area contributed by atoms with Crippen molar-refractivity contribution in [3.8, 4) is 0 Å². The first-order chi connectivity index (χ1) is 14.7. The van der Waals surface area contributed by atoms with Gasteiger partial charge in [-0.1, -0.05) is 66.8 Å². The van der Waals surface area contributed by atoms with Crippen molar-refractivity contribution in [2.75, 3.05) is 39.9 Å². The highest BCUT2D eigenvalue weighted by molar-refractivity contribution is 5.98. The van der Waals surface area contributed by atoms with Crippen molar-refractivity contribution in [2.24, 2.45) is 0 Å². The molecule has 156 valence electrons. The van der Waals surface area contributed by atoms with Gasteiger partial charge in [-0.05, 0) is 35.6 Å². The first-order valence-electron chi connectivity index (χ1n) is 10.8. The zero-order valence-corrected chi connectivity index (χ0v) is 17.7. The number of likely N-dealkylation sites (N-methyl/N-ethyl adjacent to an activating group) is 1. The molecule has 2 aliphatic carbocycles. The van der Waals surface area contributed by atoms with Crippen LogP contribution in [-0.4, -0.2) is 55.6 Å². The fourth-order valence-electron chi connectivity index (χ4n) is 4.24. The van der Waals surface area contributed by atoms with Crippen LogP contribution in [-0.2, 0) is 9.53 Å². The number of ether oxygens (including phenoxy) is 1. The third-order valence-electron chi connectivity index (χ3n) is 5.94. The highest BCUT2D eigenvalue weighted by atomic mass is 16.5. The van der Waals surface area contributed by atoms with E-state index in [-0.39, 0.29) is 11.9 Å². The normalized spacial score (nSPS) is 20.2. The summed E-state index contributed by atoms with van der Waals surface area (Å²) in [5.74, 6) is 0.0898. The molecule has 1 aromatic rings. The number of benzene rings is 1. The van der Waals surface area contributed by atoms with Crippen molar-refractivity contribution in [2.45, 2.75) is 18.9 Å². The topological polar surface area (TPSA) is 32.8 Å². The average molecular weight is 403 g/mol. The number of carbonyl (C=O) groups excluding carboxylic acids is 1. The van der Waals surface area contributed by atoms with E-state index in [1.54, 1.807) is 0 Å². The molecule has 1 heterocycles. The summed E-state index contributed by atoms with van der Waals surface area (Å²) in [5, 5.41) is 0. The Hall–Kier alpha value is -2.69. The summed E-state index contributed by atoms with van der Waals surface area (Å²) in [4.78, 5) is 17.9. The van der Waals surface area contributed by atoms with E-state index in [1.165, 1.54) is 11.1 Å². The van der Waals surface area contributed by atoms with Crippen molar-refractivity contribution in [1.29, 1.82) is 0 Å². The van der Waals surface area contributed by atoms with Gasteiger partial charge in [0.05, 0.1) is 19.3 Å². The number of carbonyl (C=O) groups is 1. The molecule has 1 aromatic carbocycles. The Morgan fingerprint density at radius 2 is 1.83 bits per heavy atom. The largest absolute Gasteiger partial charge is 0.379 e. The lowest BCUT2D eigenvalue weighted by Gasteiger charge is -2.37. The molecule has 0 bridgehead atoms. The third kappa shape index (κ3) is 4.89. The van der Waals surface area contributed by atoms with Crippen LogP contribution in [0.3, 0.4) is 0 Å². The molecular weight excluding hydrogens is 372 g/mol. The Labute approximate surface area is 179 Å². The van der Waals surface area contributed by atoms with E-state index < -0.39 is 0 Å². The fourth-order valence-corrected chi connectivity index (χ4v) is 4.24. The van der Waals surface area contributed by atoms with Crippen molar-refractivity contribution in [1.82, 2.24) is 9.80 Å². The van der Waals surface area contributed by atoms with Crippen LogP contribution in [0.25, 0.3) is 0 Å². The Morgan fingerprint density at radius 3 is 2.50 bits per heavy atom. The molecule has 0 aromatic heterocycles. The van der Waals surface area contributed by atoms with E-state index in [2.05, 4.69) is 65.6 Å². The molecule has 1 fully saturated rings. The lowest BCUT2D eigenvalue weighted by atomic mass is 9.99. The quantitative estimate of drug-likeness (QED) is 0.641. The number of amides is 1. The Morgan fingerprint density at radius 1 is 1.10 bits per heavy atom. The molecule has 0 spiro atoms. The number of hydrogen-bond donors (Lipinski definition) is 0. The highest BCUT2D eigenvalue weighted by Crippen LogP contribution is 2.27. The van der Waals surface area contributed by atoms with E-state index in [0.29, 0.717) is 6.54 Å². The second-order valence-corrected chi connectivity index (χ2v) is 8.02. The molecule has 1 saturated heterocycles. The van der Waals surface area contributed by atoms with Gasteiger partial charge in [-0.3, -0.25) is 9.69 Å². The second-order valence-electron chi connectivity index (χ2n) is 8.02. The van der Waals surface area contributed by atoms with E-state index >= 15 is 0 Å². The summed E-state index contributed by atoms with van der Waals surface area (Å²) < 4.78 is 5.56. The molecule has 1 atom stereocenters. The number of nitrogens with zero attached hydrogens (tertiary/aromatic N) is 2.